The first-order chi connectivity index (χ1) is 12.6. The Morgan fingerprint density at radius 1 is 1.33 bits per heavy atom. The number of carboxylic acids is 1. The van der Waals surface area contributed by atoms with Gasteiger partial charge in [0.15, 0.2) is 15.9 Å². The standard InChI is InChI=1S/C20H24O5S2/c1-5-27(23,24)16-9-10-18(14(3)12-16)26-19-11-13(2)7-6-8-17(19)25-15(4)20(21)22/h6-7,9-12,15H,5,8H2,1-4H3,(H,21,22). The van der Waals surface area contributed by atoms with Gasteiger partial charge in [0.2, 0.25) is 0 Å². The van der Waals surface area contributed by atoms with Gasteiger partial charge in [0, 0.05) is 11.3 Å². The minimum Gasteiger partial charge on any atom is -0.482 e. The monoisotopic (exact) mass is 408 g/mol. The fourth-order valence-corrected chi connectivity index (χ4v) is 4.51. The summed E-state index contributed by atoms with van der Waals surface area (Å²) >= 11 is 1.45. The highest BCUT2D eigenvalue weighted by atomic mass is 32.2. The Morgan fingerprint density at radius 3 is 2.63 bits per heavy atom. The second-order valence-electron chi connectivity index (χ2n) is 6.31. The molecular formula is C20H24O5S2. The number of hydrogen-bond acceptors (Lipinski definition) is 5. The van der Waals surface area contributed by atoms with Crippen LogP contribution in [0.15, 0.2) is 62.5 Å². The average molecular weight is 409 g/mol. The molecule has 1 aliphatic rings. The highest BCUT2D eigenvalue weighted by molar-refractivity contribution is 8.03. The summed E-state index contributed by atoms with van der Waals surface area (Å²) in [5, 5.41) is 9.14. The number of carboxylic acid groups (broad SMARTS) is 1. The quantitative estimate of drug-likeness (QED) is 0.716. The van der Waals surface area contributed by atoms with Crippen molar-refractivity contribution in [3.63, 3.8) is 0 Å². The van der Waals surface area contributed by atoms with Crippen LogP contribution in [0.3, 0.4) is 0 Å². The number of benzene rings is 1. The molecule has 0 aliphatic heterocycles. The van der Waals surface area contributed by atoms with Gasteiger partial charge in [-0.15, -0.1) is 0 Å². The Kier molecular flexibility index (Phi) is 6.95. The van der Waals surface area contributed by atoms with Gasteiger partial charge in [-0.2, -0.15) is 0 Å². The van der Waals surface area contributed by atoms with Crippen molar-refractivity contribution in [3.05, 3.63) is 58.2 Å². The highest BCUT2D eigenvalue weighted by Gasteiger charge is 2.19. The van der Waals surface area contributed by atoms with Gasteiger partial charge in [0.25, 0.3) is 0 Å². The van der Waals surface area contributed by atoms with Crippen LogP contribution in [0.25, 0.3) is 0 Å². The van der Waals surface area contributed by atoms with E-state index in [1.807, 2.05) is 32.1 Å². The van der Waals surface area contributed by atoms with E-state index in [0.29, 0.717) is 17.1 Å². The van der Waals surface area contributed by atoms with E-state index in [4.69, 9.17) is 9.84 Å². The lowest BCUT2D eigenvalue weighted by Crippen LogP contribution is -2.19. The van der Waals surface area contributed by atoms with E-state index in [2.05, 4.69) is 0 Å². The molecular weight excluding hydrogens is 384 g/mol. The van der Waals surface area contributed by atoms with Crippen molar-refractivity contribution in [1.82, 2.24) is 0 Å². The van der Waals surface area contributed by atoms with Crippen LogP contribution in [0.1, 0.15) is 32.8 Å². The zero-order valence-corrected chi connectivity index (χ0v) is 17.5. The number of ether oxygens (including phenoxy) is 1. The van der Waals surface area contributed by atoms with E-state index >= 15 is 0 Å². The molecule has 0 saturated carbocycles. The number of hydrogen-bond donors (Lipinski definition) is 1. The van der Waals surface area contributed by atoms with Crippen LogP contribution in [0, 0.1) is 6.92 Å². The zero-order valence-electron chi connectivity index (χ0n) is 15.9. The van der Waals surface area contributed by atoms with Crippen LogP contribution in [-0.4, -0.2) is 31.4 Å². The molecule has 1 aliphatic carbocycles. The summed E-state index contributed by atoms with van der Waals surface area (Å²) in [6.07, 6.45) is 5.40. The minimum atomic E-state index is -3.25. The fourth-order valence-electron chi connectivity index (χ4n) is 2.46. The first-order valence-electron chi connectivity index (χ1n) is 8.62. The van der Waals surface area contributed by atoms with Crippen molar-refractivity contribution in [2.24, 2.45) is 0 Å². The number of allylic oxidation sites excluding steroid dienone is 4. The lowest BCUT2D eigenvalue weighted by Gasteiger charge is -2.16. The molecule has 1 N–H and O–H groups in total. The molecule has 2 rings (SSSR count). The van der Waals surface area contributed by atoms with Crippen LogP contribution in [-0.2, 0) is 19.4 Å². The maximum atomic E-state index is 12.1. The Hall–Kier alpha value is -1.99. The van der Waals surface area contributed by atoms with Crippen LogP contribution < -0.4 is 0 Å². The number of sulfone groups is 1. The molecule has 0 saturated heterocycles. The maximum Gasteiger partial charge on any atom is 0.344 e. The molecule has 27 heavy (non-hydrogen) atoms. The highest BCUT2D eigenvalue weighted by Crippen LogP contribution is 2.36. The summed E-state index contributed by atoms with van der Waals surface area (Å²) in [6, 6.07) is 5.07. The molecule has 1 aromatic carbocycles. The summed E-state index contributed by atoms with van der Waals surface area (Å²) < 4.78 is 29.8. The number of aryl methyl sites for hydroxylation is 1. The normalized spacial score (nSPS) is 15.9. The van der Waals surface area contributed by atoms with Crippen molar-refractivity contribution in [2.45, 2.75) is 50.0 Å². The molecule has 1 atom stereocenters. The summed E-state index contributed by atoms with van der Waals surface area (Å²) in [6.45, 7) is 6.95. The largest absolute Gasteiger partial charge is 0.482 e. The van der Waals surface area contributed by atoms with Gasteiger partial charge in [0.1, 0.15) is 5.76 Å². The topological polar surface area (TPSA) is 80.7 Å². The van der Waals surface area contributed by atoms with Crippen LogP contribution >= 0.6 is 11.8 Å². The number of carbonyl (C=O) groups is 1. The molecule has 1 aromatic rings. The smallest absolute Gasteiger partial charge is 0.344 e. The van der Waals surface area contributed by atoms with Gasteiger partial charge in [-0.1, -0.05) is 36.4 Å². The van der Waals surface area contributed by atoms with Crippen LogP contribution in [0.5, 0.6) is 0 Å². The Morgan fingerprint density at radius 2 is 2.04 bits per heavy atom. The summed E-state index contributed by atoms with van der Waals surface area (Å²) in [5.74, 6) is -0.373. The first kappa shape index (κ1) is 21.3. The van der Waals surface area contributed by atoms with Gasteiger partial charge in [-0.05, 0) is 50.6 Å². The van der Waals surface area contributed by atoms with E-state index in [1.165, 1.54) is 18.7 Å². The molecule has 1 unspecified atom stereocenters. The molecule has 5 nitrogen and oxygen atoms in total. The molecule has 0 radical (unpaired) electrons. The molecule has 0 heterocycles. The molecule has 7 heteroatoms. The van der Waals surface area contributed by atoms with E-state index in [9.17, 15) is 13.2 Å². The lowest BCUT2D eigenvalue weighted by atomic mass is 10.2. The second kappa shape index (κ2) is 8.80. The number of aliphatic carboxylic acids is 1. The average Bonchev–Trinajstić information content (AvgIpc) is 2.77. The SMILES string of the molecule is CCS(=O)(=O)c1ccc(SC2=C(OC(C)C(=O)O)CC=CC(C)=C2)c(C)c1. The van der Waals surface area contributed by atoms with Crippen LogP contribution in [0.2, 0.25) is 0 Å². The summed E-state index contributed by atoms with van der Waals surface area (Å²) in [7, 11) is -3.25. The van der Waals surface area contributed by atoms with Gasteiger partial charge >= 0.3 is 5.97 Å². The minimum absolute atomic E-state index is 0.0583. The number of thioether (sulfide) groups is 1. The van der Waals surface area contributed by atoms with Crippen molar-refractivity contribution >= 4 is 27.6 Å². The molecule has 0 amide bonds. The third kappa shape index (κ3) is 5.49. The van der Waals surface area contributed by atoms with Crippen molar-refractivity contribution in [2.75, 3.05) is 5.75 Å². The third-order valence-electron chi connectivity index (χ3n) is 4.09. The van der Waals surface area contributed by atoms with Crippen molar-refractivity contribution < 1.29 is 23.1 Å². The molecule has 0 spiro atoms. The molecule has 0 fully saturated rings. The van der Waals surface area contributed by atoms with E-state index < -0.39 is 21.9 Å². The predicted octanol–water partition coefficient (Wildman–Crippen LogP) is 4.49. The molecule has 0 bridgehead atoms. The van der Waals surface area contributed by atoms with E-state index in [1.54, 1.807) is 25.1 Å². The van der Waals surface area contributed by atoms with Gasteiger partial charge in [-0.25, -0.2) is 13.2 Å². The van der Waals surface area contributed by atoms with Crippen molar-refractivity contribution in [3.8, 4) is 0 Å². The Labute approximate surface area is 164 Å². The Balaban J connectivity index is 2.40. The summed E-state index contributed by atoms with van der Waals surface area (Å²) in [5.41, 5.74) is 1.87. The van der Waals surface area contributed by atoms with Crippen molar-refractivity contribution in [1.29, 1.82) is 0 Å². The van der Waals surface area contributed by atoms with E-state index in [-0.39, 0.29) is 5.75 Å². The second-order valence-corrected chi connectivity index (χ2v) is 9.68. The van der Waals surface area contributed by atoms with Crippen LogP contribution in [0.4, 0.5) is 0 Å². The fraction of sp³-hybridized carbons (Fsp3) is 0.350. The van der Waals surface area contributed by atoms with E-state index in [0.717, 1.165) is 20.9 Å². The first-order valence-corrected chi connectivity index (χ1v) is 11.1. The Bertz CT molecular complexity index is 924. The van der Waals surface area contributed by atoms with Gasteiger partial charge in [-0.3, -0.25) is 0 Å². The van der Waals surface area contributed by atoms with Gasteiger partial charge < -0.3 is 9.84 Å². The summed E-state index contributed by atoms with van der Waals surface area (Å²) in [4.78, 5) is 13.2. The lowest BCUT2D eigenvalue weighted by molar-refractivity contribution is -0.146. The maximum absolute atomic E-state index is 12.1. The number of rotatable bonds is 7. The zero-order chi connectivity index (χ0) is 20.2. The third-order valence-corrected chi connectivity index (χ3v) is 7.07. The predicted molar refractivity (Wildman–Crippen MR) is 107 cm³/mol. The molecule has 146 valence electrons. The van der Waals surface area contributed by atoms with Gasteiger partial charge in [0.05, 0.1) is 15.6 Å². The molecule has 0 aromatic heterocycles.